The average molecular weight is 251 g/mol. The van der Waals surface area contributed by atoms with Crippen LogP contribution in [-0.4, -0.2) is 25.7 Å². The molecule has 3 nitrogen and oxygen atoms in total. The van der Waals surface area contributed by atoms with Gasteiger partial charge in [0, 0.05) is 25.3 Å². The molecule has 1 N–H and O–H groups in total. The number of hydrogen-bond acceptors (Lipinski definition) is 2. The molecule has 1 aromatic rings. The molecule has 1 aliphatic heterocycles. The molecule has 1 heterocycles. The van der Waals surface area contributed by atoms with E-state index in [4.69, 9.17) is 4.74 Å². The van der Waals surface area contributed by atoms with Crippen molar-refractivity contribution in [3.05, 3.63) is 35.1 Å². The van der Waals surface area contributed by atoms with Crippen molar-refractivity contribution in [2.75, 3.05) is 19.8 Å². The van der Waals surface area contributed by atoms with Crippen LogP contribution in [0.4, 0.5) is 4.39 Å². The molecule has 0 aromatic heterocycles. The maximum Gasteiger partial charge on any atom is 0.251 e. The fraction of sp³-hybridized carbons (Fsp3) is 0.500. The van der Waals surface area contributed by atoms with Crippen molar-refractivity contribution >= 4 is 5.91 Å². The minimum absolute atomic E-state index is 0.126. The molecule has 0 atom stereocenters. The van der Waals surface area contributed by atoms with Crippen molar-refractivity contribution < 1.29 is 13.9 Å². The molecule has 0 unspecified atom stereocenters. The Kier molecular flexibility index (Phi) is 4.31. The third kappa shape index (κ3) is 3.29. The number of ether oxygens (including phenoxy) is 1. The predicted molar refractivity (Wildman–Crippen MR) is 67.0 cm³/mol. The van der Waals surface area contributed by atoms with Crippen LogP contribution in [0.25, 0.3) is 0 Å². The maximum absolute atomic E-state index is 12.9. The van der Waals surface area contributed by atoms with Gasteiger partial charge in [0.2, 0.25) is 0 Å². The molecule has 18 heavy (non-hydrogen) atoms. The van der Waals surface area contributed by atoms with E-state index >= 15 is 0 Å². The molecule has 2 rings (SSSR count). The predicted octanol–water partition coefficient (Wildman–Crippen LogP) is 2.29. The summed E-state index contributed by atoms with van der Waals surface area (Å²) < 4.78 is 18.2. The smallest absolute Gasteiger partial charge is 0.251 e. The van der Waals surface area contributed by atoms with Crippen LogP contribution in [-0.2, 0) is 4.74 Å². The van der Waals surface area contributed by atoms with Crippen molar-refractivity contribution in [1.29, 1.82) is 0 Å². The number of carbonyl (C=O) groups excluding carboxylic acids is 1. The van der Waals surface area contributed by atoms with E-state index in [0.29, 0.717) is 23.6 Å². The Bertz CT molecular complexity index is 428. The highest BCUT2D eigenvalue weighted by Gasteiger charge is 2.16. The molecular weight excluding hydrogens is 233 g/mol. The molecule has 0 radical (unpaired) electrons. The third-order valence-electron chi connectivity index (χ3n) is 3.33. The summed E-state index contributed by atoms with van der Waals surface area (Å²) in [5.41, 5.74) is 1.21. The van der Waals surface area contributed by atoms with Crippen LogP contribution in [0.3, 0.4) is 0 Å². The lowest BCUT2D eigenvalue weighted by molar-refractivity contribution is 0.0642. The zero-order chi connectivity index (χ0) is 13.0. The molecule has 1 saturated heterocycles. The van der Waals surface area contributed by atoms with E-state index in [2.05, 4.69) is 5.32 Å². The second-order valence-corrected chi connectivity index (χ2v) is 4.73. The first-order chi connectivity index (χ1) is 8.66. The first-order valence-corrected chi connectivity index (χ1v) is 6.29. The van der Waals surface area contributed by atoms with Gasteiger partial charge in [0.15, 0.2) is 0 Å². The zero-order valence-corrected chi connectivity index (χ0v) is 10.5. The summed E-state index contributed by atoms with van der Waals surface area (Å²) in [5.74, 6) is 0.0518. The van der Waals surface area contributed by atoms with Gasteiger partial charge in [0.05, 0.1) is 0 Å². The normalized spacial score (nSPS) is 16.6. The van der Waals surface area contributed by atoms with E-state index in [-0.39, 0.29) is 11.7 Å². The zero-order valence-electron chi connectivity index (χ0n) is 10.5. The van der Waals surface area contributed by atoms with Gasteiger partial charge in [-0.15, -0.1) is 0 Å². The summed E-state index contributed by atoms with van der Waals surface area (Å²) in [4.78, 5) is 12.0. The highest BCUT2D eigenvalue weighted by molar-refractivity contribution is 5.95. The highest BCUT2D eigenvalue weighted by Crippen LogP contribution is 2.14. The fourth-order valence-corrected chi connectivity index (χ4v) is 2.16. The summed E-state index contributed by atoms with van der Waals surface area (Å²) in [7, 11) is 0. The SMILES string of the molecule is Cc1cc(F)ccc1C(=O)NCC1CCOCC1. The molecule has 1 amide bonds. The molecular formula is C14H18FNO2. The van der Waals surface area contributed by atoms with Gasteiger partial charge in [-0.25, -0.2) is 4.39 Å². The van der Waals surface area contributed by atoms with E-state index < -0.39 is 0 Å². The van der Waals surface area contributed by atoms with E-state index in [1.165, 1.54) is 18.2 Å². The maximum atomic E-state index is 12.9. The number of aryl methyl sites for hydroxylation is 1. The molecule has 0 bridgehead atoms. The third-order valence-corrected chi connectivity index (χ3v) is 3.33. The van der Waals surface area contributed by atoms with Gasteiger partial charge >= 0.3 is 0 Å². The Balaban J connectivity index is 1.90. The van der Waals surface area contributed by atoms with Gasteiger partial charge in [-0.05, 0) is 49.4 Å². The van der Waals surface area contributed by atoms with Crippen LogP contribution >= 0.6 is 0 Å². The largest absolute Gasteiger partial charge is 0.381 e. The number of hydrogen-bond donors (Lipinski definition) is 1. The Morgan fingerprint density at radius 1 is 1.44 bits per heavy atom. The lowest BCUT2D eigenvalue weighted by Crippen LogP contribution is -2.32. The summed E-state index contributed by atoms with van der Waals surface area (Å²) in [5, 5.41) is 2.91. The summed E-state index contributed by atoms with van der Waals surface area (Å²) >= 11 is 0. The molecule has 1 aromatic carbocycles. The molecule has 98 valence electrons. The van der Waals surface area contributed by atoms with E-state index in [1.54, 1.807) is 6.92 Å². The van der Waals surface area contributed by atoms with E-state index in [0.717, 1.165) is 26.1 Å². The van der Waals surface area contributed by atoms with Crippen molar-refractivity contribution in [3.8, 4) is 0 Å². The number of carbonyl (C=O) groups is 1. The quantitative estimate of drug-likeness (QED) is 0.895. The van der Waals surface area contributed by atoms with Crippen LogP contribution in [0.1, 0.15) is 28.8 Å². The topological polar surface area (TPSA) is 38.3 Å². The lowest BCUT2D eigenvalue weighted by Gasteiger charge is -2.22. The van der Waals surface area contributed by atoms with E-state index in [1.807, 2.05) is 0 Å². The number of halogens is 1. The molecule has 4 heteroatoms. The Morgan fingerprint density at radius 3 is 2.83 bits per heavy atom. The monoisotopic (exact) mass is 251 g/mol. The van der Waals surface area contributed by atoms with Gasteiger partial charge in [-0.1, -0.05) is 0 Å². The number of rotatable bonds is 3. The summed E-state index contributed by atoms with van der Waals surface area (Å²) in [6.07, 6.45) is 1.98. The second kappa shape index (κ2) is 5.96. The number of benzene rings is 1. The van der Waals surface area contributed by atoms with Crippen LogP contribution < -0.4 is 5.32 Å². The van der Waals surface area contributed by atoms with E-state index in [9.17, 15) is 9.18 Å². The summed E-state index contributed by atoms with van der Waals surface area (Å²) in [6.45, 7) is 3.96. The van der Waals surface area contributed by atoms with Gasteiger partial charge in [0.25, 0.3) is 5.91 Å². The van der Waals surface area contributed by atoms with Crippen molar-refractivity contribution in [2.45, 2.75) is 19.8 Å². The summed E-state index contributed by atoms with van der Waals surface area (Å²) in [6, 6.07) is 4.23. The van der Waals surface area contributed by atoms with Crippen LogP contribution in [0.5, 0.6) is 0 Å². The number of amides is 1. The Labute approximate surface area is 106 Å². The number of nitrogens with one attached hydrogen (secondary N) is 1. The van der Waals surface area contributed by atoms with Crippen LogP contribution in [0.2, 0.25) is 0 Å². The standard InChI is InChI=1S/C14H18FNO2/c1-10-8-12(15)2-3-13(10)14(17)16-9-11-4-6-18-7-5-11/h2-3,8,11H,4-7,9H2,1H3,(H,16,17). The highest BCUT2D eigenvalue weighted by atomic mass is 19.1. The van der Waals surface area contributed by atoms with Gasteiger partial charge in [-0.3, -0.25) is 4.79 Å². The van der Waals surface area contributed by atoms with Crippen LogP contribution in [0.15, 0.2) is 18.2 Å². The first kappa shape index (κ1) is 13.0. The Hall–Kier alpha value is -1.42. The van der Waals surface area contributed by atoms with Gasteiger partial charge in [0.1, 0.15) is 5.82 Å². The van der Waals surface area contributed by atoms with Gasteiger partial charge < -0.3 is 10.1 Å². The van der Waals surface area contributed by atoms with Crippen molar-refractivity contribution in [2.24, 2.45) is 5.92 Å². The fourth-order valence-electron chi connectivity index (χ4n) is 2.16. The second-order valence-electron chi connectivity index (χ2n) is 4.73. The van der Waals surface area contributed by atoms with Crippen molar-refractivity contribution in [3.63, 3.8) is 0 Å². The van der Waals surface area contributed by atoms with Crippen LogP contribution in [0, 0.1) is 18.7 Å². The minimum Gasteiger partial charge on any atom is -0.381 e. The van der Waals surface area contributed by atoms with Crippen molar-refractivity contribution in [1.82, 2.24) is 5.32 Å². The minimum atomic E-state index is -0.312. The molecule has 1 fully saturated rings. The first-order valence-electron chi connectivity index (χ1n) is 6.29. The lowest BCUT2D eigenvalue weighted by atomic mass is 10.00. The molecule has 0 spiro atoms. The molecule has 1 aliphatic rings. The molecule has 0 aliphatic carbocycles. The molecule has 0 saturated carbocycles. The van der Waals surface area contributed by atoms with Gasteiger partial charge in [-0.2, -0.15) is 0 Å². The Morgan fingerprint density at radius 2 is 2.17 bits per heavy atom. The average Bonchev–Trinajstić information content (AvgIpc) is 2.37.